The Bertz CT molecular complexity index is 468. The van der Waals surface area contributed by atoms with E-state index < -0.39 is 0 Å². The van der Waals surface area contributed by atoms with Crippen LogP contribution in [0.1, 0.15) is 13.3 Å². The lowest BCUT2D eigenvalue weighted by Gasteiger charge is -2.05. The third kappa shape index (κ3) is 2.74. The second-order valence-electron chi connectivity index (χ2n) is 3.46. The van der Waals surface area contributed by atoms with Crippen molar-refractivity contribution in [1.82, 2.24) is 4.98 Å². The van der Waals surface area contributed by atoms with Gasteiger partial charge in [0, 0.05) is 18.4 Å². The van der Waals surface area contributed by atoms with Crippen LogP contribution < -0.4 is 5.32 Å². The molecule has 0 aliphatic heterocycles. The number of hydrogen-bond acceptors (Lipinski definition) is 3. The molecule has 0 spiro atoms. The van der Waals surface area contributed by atoms with Gasteiger partial charge in [0.25, 0.3) is 0 Å². The van der Waals surface area contributed by atoms with Gasteiger partial charge in [-0.2, -0.15) is 0 Å². The van der Waals surface area contributed by atoms with E-state index in [1.165, 1.54) is 0 Å². The van der Waals surface area contributed by atoms with Crippen LogP contribution >= 0.6 is 22.9 Å². The minimum atomic E-state index is 0.795. The summed E-state index contributed by atoms with van der Waals surface area (Å²) in [5.41, 5.74) is 2.08. The molecule has 0 radical (unpaired) electrons. The van der Waals surface area contributed by atoms with Crippen LogP contribution in [0.2, 0.25) is 4.34 Å². The Labute approximate surface area is 104 Å². The van der Waals surface area contributed by atoms with Crippen molar-refractivity contribution in [3.8, 4) is 10.6 Å². The first-order valence-electron chi connectivity index (χ1n) is 5.25. The molecule has 0 saturated heterocycles. The Morgan fingerprint density at radius 2 is 2.25 bits per heavy atom. The summed E-state index contributed by atoms with van der Waals surface area (Å²) in [6.07, 6.45) is 2.93. The molecule has 2 nitrogen and oxygen atoms in total. The molecule has 0 aliphatic rings. The molecule has 2 aromatic heterocycles. The van der Waals surface area contributed by atoms with Gasteiger partial charge >= 0.3 is 0 Å². The van der Waals surface area contributed by atoms with Gasteiger partial charge in [-0.05, 0) is 30.7 Å². The molecular weight excluding hydrogens is 240 g/mol. The highest BCUT2D eigenvalue weighted by Gasteiger charge is 2.03. The van der Waals surface area contributed by atoms with Gasteiger partial charge in [-0.3, -0.25) is 4.98 Å². The Hall–Kier alpha value is -1.06. The van der Waals surface area contributed by atoms with E-state index in [1.807, 2.05) is 24.4 Å². The van der Waals surface area contributed by atoms with Crippen molar-refractivity contribution in [2.75, 3.05) is 11.9 Å². The number of aromatic nitrogens is 1. The van der Waals surface area contributed by atoms with Crippen molar-refractivity contribution in [3.05, 3.63) is 34.8 Å². The normalized spacial score (nSPS) is 10.4. The van der Waals surface area contributed by atoms with Gasteiger partial charge in [0.2, 0.25) is 0 Å². The molecule has 2 aromatic rings. The van der Waals surface area contributed by atoms with Gasteiger partial charge in [0.05, 0.1) is 14.9 Å². The van der Waals surface area contributed by atoms with E-state index in [4.69, 9.17) is 11.6 Å². The minimum absolute atomic E-state index is 0.795. The number of rotatable bonds is 4. The smallest absolute Gasteiger partial charge is 0.0935 e. The predicted octanol–water partition coefficient (Wildman–Crippen LogP) is 4.29. The maximum atomic E-state index is 5.91. The highest BCUT2D eigenvalue weighted by molar-refractivity contribution is 7.19. The van der Waals surface area contributed by atoms with Crippen molar-refractivity contribution >= 4 is 28.6 Å². The van der Waals surface area contributed by atoms with Gasteiger partial charge in [-0.15, -0.1) is 11.3 Å². The molecule has 0 aromatic carbocycles. The maximum Gasteiger partial charge on any atom is 0.0935 e. The fraction of sp³-hybridized carbons (Fsp3) is 0.250. The molecule has 16 heavy (non-hydrogen) atoms. The second-order valence-corrected chi connectivity index (χ2v) is 5.18. The van der Waals surface area contributed by atoms with Crippen molar-refractivity contribution in [3.63, 3.8) is 0 Å². The fourth-order valence-electron chi connectivity index (χ4n) is 1.40. The summed E-state index contributed by atoms with van der Waals surface area (Å²) in [4.78, 5) is 5.44. The number of hydrogen-bond donors (Lipinski definition) is 1. The Balaban J connectivity index is 2.22. The molecule has 0 aliphatic carbocycles. The summed E-state index contributed by atoms with van der Waals surface area (Å²) in [6.45, 7) is 3.13. The molecular formula is C12H13ClN2S. The molecule has 2 rings (SSSR count). The standard InChI is InChI=1S/C12H13ClN2S/c1-2-6-14-9-5-7-15-10(8-9)11-3-4-12(13)16-11/h3-5,7-8H,2,6H2,1H3,(H,14,15). The Morgan fingerprint density at radius 3 is 2.94 bits per heavy atom. The number of nitrogens with zero attached hydrogens (tertiary/aromatic N) is 1. The summed E-state index contributed by atoms with van der Waals surface area (Å²) < 4.78 is 0.795. The Kier molecular flexibility index (Phi) is 3.80. The topological polar surface area (TPSA) is 24.9 Å². The molecule has 0 unspecified atom stereocenters. The van der Waals surface area contributed by atoms with Gasteiger partial charge in [0.15, 0.2) is 0 Å². The zero-order valence-corrected chi connectivity index (χ0v) is 10.6. The summed E-state index contributed by atoms with van der Waals surface area (Å²) in [7, 11) is 0. The third-order valence-electron chi connectivity index (χ3n) is 2.16. The lowest BCUT2D eigenvalue weighted by molar-refractivity contribution is 0.979. The van der Waals surface area contributed by atoms with E-state index in [-0.39, 0.29) is 0 Å². The van der Waals surface area contributed by atoms with E-state index in [2.05, 4.69) is 23.3 Å². The summed E-state index contributed by atoms with van der Waals surface area (Å²) in [6, 6.07) is 7.93. The third-order valence-corrected chi connectivity index (χ3v) is 3.42. The average Bonchev–Trinajstić information content (AvgIpc) is 2.74. The number of halogens is 1. The quantitative estimate of drug-likeness (QED) is 0.878. The first kappa shape index (κ1) is 11.4. The van der Waals surface area contributed by atoms with Crippen LogP contribution in [-0.2, 0) is 0 Å². The Morgan fingerprint density at radius 1 is 1.38 bits per heavy atom. The molecule has 0 saturated carbocycles. The van der Waals surface area contributed by atoms with Crippen molar-refractivity contribution < 1.29 is 0 Å². The van der Waals surface area contributed by atoms with Crippen LogP contribution in [0.5, 0.6) is 0 Å². The monoisotopic (exact) mass is 252 g/mol. The predicted molar refractivity (Wildman–Crippen MR) is 71.3 cm³/mol. The molecule has 0 atom stereocenters. The lowest BCUT2D eigenvalue weighted by atomic mass is 10.2. The van der Waals surface area contributed by atoms with Gasteiger partial charge < -0.3 is 5.32 Å². The summed E-state index contributed by atoms with van der Waals surface area (Å²) in [5, 5.41) is 3.34. The van der Waals surface area contributed by atoms with Crippen LogP contribution in [-0.4, -0.2) is 11.5 Å². The molecule has 0 bridgehead atoms. The van der Waals surface area contributed by atoms with E-state index >= 15 is 0 Å². The second kappa shape index (κ2) is 5.32. The minimum Gasteiger partial charge on any atom is -0.385 e. The highest BCUT2D eigenvalue weighted by atomic mass is 35.5. The van der Waals surface area contributed by atoms with Crippen molar-refractivity contribution in [1.29, 1.82) is 0 Å². The van der Waals surface area contributed by atoms with Crippen LogP contribution in [0.25, 0.3) is 10.6 Å². The highest BCUT2D eigenvalue weighted by Crippen LogP contribution is 2.30. The van der Waals surface area contributed by atoms with Crippen LogP contribution in [0, 0.1) is 0 Å². The van der Waals surface area contributed by atoms with Gasteiger partial charge in [0.1, 0.15) is 0 Å². The van der Waals surface area contributed by atoms with E-state index in [9.17, 15) is 0 Å². The first-order valence-corrected chi connectivity index (χ1v) is 6.44. The molecule has 0 amide bonds. The number of thiophene rings is 1. The first-order chi connectivity index (χ1) is 7.79. The van der Waals surface area contributed by atoms with E-state index in [0.717, 1.165) is 33.6 Å². The van der Waals surface area contributed by atoms with Gasteiger partial charge in [-0.25, -0.2) is 0 Å². The van der Waals surface area contributed by atoms with Crippen molar-refractivity contribution in [2.24, 2.45) is 0 Å². The lowest BCUT2D eigenvalue weighted by Crippen LogP contribution is -1.99. The number of nitrogens with one attached hydrogen (secondary N) is 1. The maximum absolute atomic E-state index is 5.91. The van der Waals surface area contributed by atoms with Crippen molar-refractivity contribution in [2.45, 2.75) is 13.3 Å². The fourth-order valence-corrected chi connectivity index (χ4v) is 2.41. The summed E-state index contributed by atoms with van der Waals surface area (Å²) in [5.74, 6) is 0. The molecule has 84 valence electrons. The zero-order chi connectivity index (χ0) is 11.4. The van der Waals surface area contributed by atoms with E-state index in [0.29, 0.717) is 0 Å². The molecule has 0 fully saturated rings. The number of anilines is 1. The van der Waals surface area contributed by atoms with Crippen LogP contribution in [0.15, 0.2) is 30.5 Å². The SMILES string of the molecule is CCCNc1ccnc(-c2ccc(Cl)s2)c1. The number of pyridine rings is 1. The molecule has 4 heteroatoms. The summed E-state index contributed by atoms with van der Waals surface area (Å²) >= 11 is 7.46. The molecule has 2 heterocycles. The molecule has 1 N–H and O–H groups in total. The zero-order valence-electron chi connectivity index (χ0n) is 9.03. The van der Waals surface area contributed by atoms with Crippen LogP contribution in [0.3, 0.4) is 0 Å². The van der Waals surface area contributed by atoms with Crippen LogP contribution in [0.4, 0.5) is 5.69 Å². The largest absolute Gasteiger partial charge is 0.385 e. The van der Waals surface area contributed by atoms with E-state index in [1.54, 1.807) is 11.3 Å². The average molecular weight is 253 g/mol. The van der Waals surface area contributed by atoms with Gasteiger partial charge in [-0.1, -0.05) is 18.5 Å².